The van der Waals surface area contributed by atoms with Crippen LogP contribution in [-0.4, -0.2) is 18.3 Å². The molecule has 0 aliphatic carbocycles. The van der Waals surface area contributed by atoms with Crippen LogP contribution in [-0.2, 0) is 0 Å². The Morgan fingerprint density at radius 3 is 2.29 bits per heavy atom. The van der Waals surface area contributed by atoms with E-state index in [1.165, 1.54) is 12.1 Å². The molecule has 0 saturated carbocycles. The Balaban J connectivity index is 1.64. The van der Waals surface area contributed by atoms with Crippen LogP contribution in [0.5, 0.6) is 5.75 Å². The minimum atomic E-state index is -0.497. The third kappa shape index (κ3) is 5.64. The zero-order chi connectivity index (χ0) is 24.9. The molecule has 0 atom stereocenters. The maximum Gasteiger partial charge on any atom is 0.255 e. The van der Waals surface area contributed by atoms with Crippen LogP contribution in [0.2, 0.25) is 15.1 Å². The van der Waals surface area contributed by atoms with E-state index in [4.69, 9.17) is 44.0 Å². The number of hydrogen-bond donors (Lipinski definition) is 1. The highest BCUT2D eigenvalue weighted by atomic mass is 35.5. The molecular formula is C27H22Cl3NO4. The molecule has 8 heteroatoms. The molecule has 0 aliphatic heterocycles. The number of rotatable bonds is 9. The summed E-state index contributed by atoms with van der Waals surface area (Å²) in [7, 11) is 0. The molecule has 0 fully saturated rings. The van der Waals surface area contributed by atoms with E-state index in [0.717, 1.165) is 19.3 Å². The molecule has 180 valence electrons. The zero-order valence-electron chi connectivity index (χ0n) is 18.9. The molecular weight excluding hydrogens is 509 g/mol. The molecule has 1 N–H and O–H groups in total. The first kappa shape index (κ1) is 25.1. The molecule has 0 saturated heterocycles. The second-order valence-electron chi connectivity index (χ2n) is 7.92. The van der Waals surface area contributed by atoms with Gasteiger partial charge in [0.2, 0.25) is 5.78 Å². The minimum absolute atomic E-state index is 0.00921. The number of para-hydroxylation sites is 1. The van der Waals surface area contributed by atoms with Crippen molar-refractivity contribution in [1.82, 2.24) is 0 Å². The van der Waals surface area contributed by atoms with Crippen molar-refractivity contribution in [2.45, 2.75) is 26.2 Å². The normalized spacial score (nSPS) is 11.0. The maximum absolute atomic E-state index is 13.2. The van der Waals surface area contributed by atoms with Gasteiger partial charge >= 0.3 is 0 Å². The topological polar surface area (TPSA) is 68.5 Å². The standard InChI is InChI=1S/C27H22Cl3NO4/c1-2-3-6-13-34-25-20(29)14-17(15-21(25)30)27(33)31-23-19-7-4-5-8-22(19)35-26(23)24(32)16-9-11-18(28)12-10-16/h4-5,7-12,14-15H,2-3,6,13H2,1H3,(H,31,33). The monoisotopic (exact) mass is 529 g/mol. The fourth-order valence-electron chi connectivity index (χ4n) is 3.60. The van der Waals surface area contributed by atoms with Crippen molar-refractivity contribution in [3.05, 3.63) is 92.6 Å². The van der Waals surface area contributed by atoms with Gasteiger partial charge in [-0.1, -0.05) is 66.7 Å². The van der Waals surface area contributed by atoms with Crippen molar-refractivity contribution in [3.63, 3.8) is 0 Å². The summed E-state index contributed by atoms with van der Waals surface area (Å²) in [5, 5.41) is 4.36. The van der Waals surface area contributed by atoms with Crippen LogP contribution in [0.25, 0.3) is 11.0 Å². The van der Waals surface area contributed by atoms with E-state index in [1.807, 2.05) is 0 Å². The number of ether oxygens (including phenoxy) is 1. The number of benzene rings is 3. The summed E-state index contributed by atoms with van der Waals surface area (Å²) in [4.78, 5) is 26.4. The van der Waals surface area contributed by atoms with E-state index in [9.17, 15) is 9.59 Å². The lowest BCUT2D eigenvalue weighted by Crippen LogP contribution is -2.14. The molecule has 3 aromatic carbocycles. The van der Waals surface area contributed by atoms with Crippen LogP contribution in [0.4, 0.5) is 5.69 Å². The number of carbonyl (C=O) groups is 2. The van der Waals surface area contributed by atoms with Crippen LogP contribution < -0.4 is 10.1 Å². The molecule has 35 heavy (non-hydrogen) atoms. The predicted molar refractivity (Wildman–Crippen MR) is 141 cm³/mol. The molecule has 0 unspecified atom stereocenters. The van der Waals surface area contributed by atoms with E-state index >= 15 is 0 Å². The largest absolute Gasteiger partial charge is 0.490 e. The average Bonchev–Trinajstić information content (AvgIpc) is 3.21. The Kier molecular flexibility index (Phi) is 8.01. The van der Waals surface area contributed by atoms with E-state index in [-0.39, 0.29) is 32.8 Å². The number of amides is 1. The third-order valence-corrected chi connectivity index (χ3v) is 6.21. The molecule has 1 heterocycles. The number of carbonyl (C=O) groups excluding carboxylic acids is 2. The second-order valence-corrected chi connectivity index (χ2v) is 9.17. The number of ketones is 1. The lowest BCUT2D eigenvalue weighted by Gasteiger charge is -2.12. The summed E-state index contributed by atoms with van der Waals surface area (Å²) in [6.45, 7) is 2.58. The number of hydrogen-bond acceptors (Lipinski definition) is 4. The van der Waals surface area contributed by atoms with Gasteiger partial charge in [0.25, 0.3) is 5.91 Å². The Morgan fingerprint density at radius 2 is 1.60 bits per heavy atom. The SMILES string of the molecule is CCCCCOc1c(Cl)cc(C(=O)Nc2c(C(=O)c3ccc(Cl)cc3)oc3ccccc23)cc1Cl. The van der Waals surface area contributed by atoms with Gasteiger partial charge in [-0.25, -0.2) is 0 Å². The van der Waals surface area contributed by atoms with Crippen molar-refractivity contribution in [3.8, 4) is 5.75 Å². The fourth-order valence-corrected chi connectivity index (χ4v) is 4.32. The first-order chi connectivity index (χ1) is 16.9. The number of anilines is 1. The summed E-state index contributed by atoms with van der Waals surface area (Å²) >= 11 is 18.7. The average molecular weight is 531 g/mol. The Morgan fingerprint density at radius 1 is 0.914 bits per heavy atom. The summed E-state index contributed by atoms with van der Waals surface area (Å²) in [6.07, 6.45) is 2.98. The van der Waals surface area contributed by atoms with Gasteiger partial charge < -0.3 is 14.5 Å². The third-order valence-electron chi connectivity index (χ3n) is 5.40. The molecule has 0 bridgehead atoms. The summed E-state index contributed by atoms with van der Waals surface area (Å²) in [6, 6.07) is 16.5. The van der Waals surface area contributed by atoms with Crippen molar-refractivity contribution in [1.29, 1.82) is 0 Å². The van der Waals surface area contributed by atoms with Crippen LogP contribution in [0, 0.1) is 0 Å². The zero-order valence-corrected chi connectivity index (χ0v) is 21.1. The van der Waals surface area contributed by atoms with E-state index in [1.54, 1.807) is 48.5 Å². The second kappa shape index (κ2) is 11.2. The number of furan rings is 1. The lowest BCUT2D eigenvalue weighted by atomic mass is 10.1. The molecule has 0 radical (unpaired) electrons. The van der Waals surface area contributed by atoms with Crippen LogP contribution >= 0.6 is 34.8 Å². The van der Waals surface area contributed by atoms with Gasteiger partial charge in [-0.3, -0.25) is 9.59 Å². The summed E-state index contributed by atoms with van der Waals surface area (Å²) in [5.74, 6) is -0.536. The van der Waals surface area contributed by atoms with E-state index in [0.29, 0.717) is 33.9 Å². The molecule has 4 aromatic rings. The van der Waals surface area contributed by atoms with Gasteiger partial charge in [0.05, 0.1) is 22.3 Å². The van der Waals surface area contributed by atoms with Crippen LogP contribution in [0.1, 0.15) is 52.7 Å². The number of fused-ring (bicyclic) bond motifs is 1. The van der Waals surface area contributed by atoms with Gasteiger partial charge in [-0.15, -0.1) is 0 Å². The first-order valence-electron chi connectivity index (χ1n) is 11.1. The number of halogens is 3. The highest BCUT2D eigenvalue weighted by Gasteiger charge is 2.24. The summed E-state index contributed by atoms with van der Waals surface area (Å²) in [5.41, 5.74) is 1.32. The van der Waals surface area contributed by atoms with Gasteiger partial charge in [-0.05, 0) is 55.0 Å². The van der Waals surface area contributed by atoms with Gasteiger partial charge in [0.15, 0.2) is 11.5 Å². The molecule has 0 spiro atoms. The molecule has 1 amide bonds. The van der Waals surface area contributed by atoms with Gasteiger partial charge in [-0.2, -0.15) is 0 Å². The van der Waals surface area contributed by atoms with Gasteiger partial charge in [0, 0.05) is 21.5 Å². The van der Waals surface area contributed by atoms with Crippen LogP contribution in [0.15, 0.2) is 65.1 Å². The lowest BCUT2D eigenvalue weighted by molar-refractivity contribution is 0.101. The van der Waals surface area contributed by atoms with Crippen molar-refractivity contribution in [2.24, 2.45) is 0 Å². The molecule has 5 nitrogen and oxygen atoms in total. The highest BCUT2D eigenvalue weighted by molar-refractivity contribution is 6.38. The Bertz CT molecular complexity index is 1360. The first-order valence-corrected chi connectivity index (χ1v) is 12.3. The van der Waals surface area contributed by atoms with E-state index in [2.05, 4.69) is 12.2 Å². The van der Waals surface area contributed by atoms with Crippen LogP contribution in [0.3, 0.4) is 0 Å². The predicted octanol–water partition coefficient (Wildman–Crippen LogP) is 8.45. The molecule has 4 rings (SSSR count). The smallest absolute Gasteiger partial charge is 0.255 e. The molecule has 1 aromatic heterocycles. The Labute approximate surface area is 217 Å². The van der Waals surface area contributed by atoms with E-state index < -0.39 is 5.91 Å². The quantitative estimate of drug-likeness (QED) is 0.174. The van der Waals surface area contributed by atoms with Crippen molar-refractivity contribution >= 4 is 63.1 Å². The summed E-state index contributed by atoms with van der Waals surface area (Å²) < 4.78 is 11.6. The maximum atomic E-state index is 13.2. The number of unbranched alkanes of at least 4 members (excludes halogenated alkanes) is 2. The Hall–Kier alpha value is -2.99. The minimum Gasteiger partial charge on any atom is -0.490 e. The van der Waals surface area contributed by atoms with Crippen molar-refractivity contribution in [2.75, 3.05) is 11.9 Å². The fraction of sp³-hybridized carbons (Fsp3) is 0.185. The highest BCUT2D eigenvalue weighted by Crippen LogP contribution is 2.36. The molecule has 0 aliphatic rings. The van der Waals surface area contributed by atoms with Crippen molar-refractivity contribution < 1.29 is 18.7 Å². The number of nitrogens with one attached hydrogen (secondary N) is 1. The van der Waals surface area contributed by atoms with Gasteiger partial charge in [0.1, 0.15) is 5.58 Å².